The second kappa shape index (κ2) is 5.65. The predicted octanol–water partition coefficient (Wildman–Crippen LogP) is 2.19. The second-order valence-electron chi connectivity index (χ2n) is 3.31. The van der Waals surface area contributed by atoms with Gasteiger partial charge in [-0.15, -0.1) is 0 Å². The number of allylic oxidation sites excluding steroid dienone is 1. The van der Waals surface area contributed by atoms with E-state index in [1.807, 2.05) is 0 Å². The highest BCUT2D eigenvalue weighted by molar-refractivity contribution is 5.67. The summed E-state index contributed by atoms with van der Waals surface area (Å²) in [6, 6.07) is 6.64. The van der Waals surface area contributed by atoms with Crippen molar-refractivity contribution in [2.24, 2.45) is 0 Å². The van der Waals surface area contributed by atoms with Gasteiger partial charge in [-0.2, -0.15) is 0 Å². The standard InChI is InChI=1S/C11H13N3O2/c1-13(8-4-7-12)9-10-5-2-3-6-11(10)14(15)16/h2-8,12H,9H2,1H3/b8-4+,12-7?. The Kier molecular flexibility index (Phi) is 4.20. The van der Waals surface area contributed by atoms with E-state index in [0.29, 0.717) is 12.1 Å². The lowest BCUT2D eigenvalue weighted by Gasteiger charge is -2.13. The molecule has 0 aliphatic heterocycles. The zero-order chi connectivity index (χ0) is 12.0. The average molecular weight is 219 g/mol. The van der Waals surface area contributed by atoms with Crippen LogP contribution in [0, 0.1) is 15.5 Å². The third-order valence-corrected chi connectivity index (χ3v) is 2.04. The van der Waals surface area contributed by atoms with Crippen LogP contribution in [0.25, 0.3) is 0 Å². The molecular formula is C11H13N3O2. The minimum Gasteiger partial charge on any atom is -0.376 e. The van der Waals surface area contributed by atoms with Crippen LogP contribution in [0.2, 0.25) is 0 Å². The van der Waals surface area contributed by atoms with Crippen molar-refractivity contribution in [1.29, 1.82) is 5.41 Å². The lowest BCUT2D eigenvalue weighted by molar-refractivity contribution is -0.385. The molecule has 0 heterocycles. The Balaban J connectivity index is 2.84. The summed E-state index contributed by atoms with van der Waals surface area (Å²) in [4.78, 5) is 12.1. The van der Waals surface area contributed by atoms with Crippen LogP contribution in [0.15, 0.2) is 36.5 Å². The van der Waals surface area contributed by atoms with Gasteiger partial charge in [-0.25, -0.2) is 0 Å². The fourth-order valence-electron chi connectivity index (χ4n) is 1.33. The summed E-state index contributed by atoms with van der Waals surface area (Å²) in [6.07, 6.45) is 4.43. The molecule has 1 N–H and O–H groups in total. The minimum atomic E-state index is -0.385. The molecule has 0 aromatic heterocycles. The molecule has 0 saturated heterocycles. The highest BCUT2D eigenvalue weighted by Crippen LogP contribution is 2.18. The van der Waals surface area contributed by atoms with Gasteiger partial charge in [-0.05, 0) is 6.08 Å². The van der Waals surface area contributed by atoms with Gasteiger partial charge in [0.1, 0.15) is 0 Å². The largest absolute Gasteiger partial charge is 0.376 e. The van der Waals surface area contributed by atoms with Gasteiger partial charge in [0.15, 0.2) is 0 Å². The van der Waals surface area contributed by atoms with Crippen molar-refractivity contribution in [3.8, 4) is 0 Å². The van der Waals surface area contributed by atoms with Crippen LogP contribution in [0.3, 0.4) is 0 Å². The van der Waals surface area contributed by atoms with E-state index in [4.69, 9.17) is 5.41 Å². The fraction of sp³-hybridized carbons (Fsp3) is 0.182. The van der Waals surface area contributed by atoms with Gasteiger partial charge in [-0.3, -0.25) is 10.1 Å². The molecule has 16 heavy (non-hydrogen) atoms. The van der Waals surface area contributed by atoms with Gasteiger partial charge in [0.05, 0.1) is 4.92 Å². The molecule has 0 radical (unpaired) electrons. The van der Waals surface area contributed by atoms with Crippen molar-refractivity contribution in [2.75, 3.05) is 7.05 Å². The molecule has 1 rings (SSSR count). The molecule has 0 bridgehead atoms. The Morgan fingerprint density at radius 2 is 2.19 bits per heavy atom. The van der Waals surface area contributed by atoms with Gasteiger partial charge < -0.3 is 10.3 Å². The van der Waals surface area contributed by atoms with Crippen molar-refractivity contribution in [3.63, 3.8) is 0 Å². The van der Waals surface area contributed by atoms with E-state index in [0.717, 1.165) is 6.21 Å². The Bertz CT molecular complexity index is 415. The smallest absolute Gasteiger partial charge is 0.274 e. The van der Waals surface area contributed by atoms with Crippen molar-refractivity contribution in [1.82, 2.24) is 4.90 Å². The summed E-state index contributed by atoms with van der Waals surface area (Å²) in [5.41, 5.74) is 0.780. The summed E-state index contributed by atoms with van der Waals surface area (Å²) >= 11 is 0. The number of nitro benzene ring substituents is 1. The van der Waals surface area contributed by atoms with E-state index in [1.165, 1.54) is 6.07 Å². The van der Waals surface area contributed by atoms with Crippen molar-refractivity contribution in [2.45, 2.75) is 6.54 Å². The molecule has 1 aromatic carbocycles. The summed E-state index contributed by atoms with van der Waals surface area (Å²) in [5, 5.41) is 17.6. The van der Waals surface area contributed by atoms with E-state index in [1.54, 1.807) is 42.4 Å². The van der Waals surface area contributed by atoms with Crippen molar-refractivity contribution >= 4 is 11.9 Å². The summed E-state index contributed by atoms with van der Waals surface area (Å²) < 4.78 is 0. The molecule has 0 atom stereocenters. The number of nitrogens with zero attached hydrogens (tertiary/aromatic N) is 2. The Hall–Kier alpha value is -2.17. The third kappa shape index (κ3) is 3.20. The number of nitrogens with one attached hydrogen (secondary N) is 1. The molecule has 0 aliphatic rings. The summed E-state index contributed by atoms with van der Waals surface area (Å²) in [7, 11) is 1.80. The van der Waals surface area contributed by atoms with E-state index in [9.17, 15) is 10.1 Å². The summed E-state index contributed by atoms with van der Waals surface area (Å²) in [6.45, 7) is 0.446. The van der Waals surface area contributed by atoms with Gasteiger partial charge in [0, 0.05) is 37.6 Å². The van der Waals surface area contributed by atoms with Crippen LogP contribution in [0.1, 0.15) is 5.56 Å². The average Bonchev–Trinajstić information content (AvgIpc) is 2.27. The zero-order valence-electron chi connectivity index (χ0n) is 8.96. The van der Waals surface area contributed by atoms with Crippen LogP contribution in [-0.4, -0.2) is 23.1 Å². The molecule has 0 spiro atoms. The normalized spacial score (nSPS) is 10.3. The predicted molar refractivity (Wildman–Crippen MR) is 62.5 cm³/mol. The number of para-hydroxylation sites is 1. The van der Waals surface area contributed by atoms with Crippen molar-refractivity contribution in [3.05, 3.63) is 52.2 Å². The Morgan fingerprint density at radius 1 is 1.50 bits per heavy atom. The SMILES string of the molecule is CN(/C=C/C=N)Cc1ccccc1[N+](=O)[O-]. The van der Waals surface area contributed by atoms with Crippen LogP contribution in [0.4, 0.5) is 5.69 Å². The lowest BCUT2D eigenvalue weighted by Crippen LogP contribution is -2.11. The lowest BCUT2D eigenvalue weighted by atomic mass is 10.2. The molecule has 5 heteroatoms. The first-order valence-corrected chi connectivity index (χ1v) is 4.75. The maximum absolute atomic E-state index is 10.8. The van der Waals surface area contributed by atoms with Crippen LogP contribution >= 0.6 is 0 Å². The van der Waals surface area contributed by atoms with Crippen LogP contribution in [-0.2, 0) is 6.54 Å². The molecule has 84 valence electrons. The first-order valence-electron chi connectivity index (χ1n) is 4.75. The number of hydrogen-bond acceptors (Lipinski definition) is 4. The topological polar surface area (TPSA) is 70.2 Å². The first-order chi connectivity index (χ1) is 7.65. The number of benzene rings is 1. The van der Waals surface area contributed by atoms with Crippen molar-refractivity contribution < 1.29 is 4.92 Å². The quantitative estimate of drug-likeness (QED) is 0.468. The van der Waals surface area contributed by atoms with Crippen LogP contribution < -0.4 is 0 Å². The Labute approximate surface area is 93.7 Å². The van der Waals surface area contributed by atoms with E-state index < -0.39 is 0 Å². The number of hydrogen-bond donors (Lipinski definition) is 1. The molecule has 0 amide bonds. The molecule has 1 aromatic rings. The monoisotopic (exact) mass is 219 g/mol. The van der Waals surface area contributed by atoms with E-state index >= 15 is 0 Å². The minimum absolute atomic E-state index is 0.123. The summed E-state index contributed by atoms with van der Waals surface area (Å²) in [5.74, 6) is 0. The second-order valence-corrected chi connectivity index (χ2v) is 3.31. The van der Waals surface area contributed by atoms with Gasteiger partial charge in [0.2, 0.25) is 0 Å². The maximum Gasteiger partial charge on any atom is 0.274 e. The van der Waals surface area contributed by atoms with E-state index in [2.05, 4.69) is 0 Å². The van der Waals surface area contributed by atoms with E-state index in [-0.39, 0.29) is 10.6 Å². The molecular weight excluding hydrogens is 206 g/mol. The van der Waals surface area contributed by atoms with Gasteiger partial charge in [-0.1, -0.05) is 18.2 Å². The fourth-order valence-corrected chi connectivity index (χ4v) is 1.33. The molecule has 0 aliphatic carbocycles. The highest BCUT2D eigenvalue weighted by Gasteiger charge is 2.12. The molecule has 5 nitrogen and oxygen atoms in total. The number of rotatable bonds is 5. The van der Waals surface area contributed by atoms with Gasteiger partial charge >= 0.3 is 0 Å². The first kappa shape index (κ1) is 11.9. The molecule has 0 fully saturated rings. The molecule has 0 saturated carbocycles. The molecule has 0 unspecified atom stereocenters. The van der Waals surface area contributed by atoms with Gasteiger partial charge in [0.25, 0.3) is 5.69 Å². The van der Waals surface area contributed by atoms with Crippen LogP contribution in [0.5, 0.6) is 0 Å². The zero-order valence-corrected chi connectivity index (χ0v) is 8.96. The number of nitro groups is 1. The third-order valence-electron chi connectivity index (χ3n) is 2.04. The maximum atomic E-state index is 10.8. The highest BCUT2D eigenvalue weighted by atomic mass is 16.6. The Morgan fingerprint density at radius 3 is 2.81 bits per heavy atom.